The van der Waals surface area contributed by atoms with Gasteiger partial charge < -0.3 is 20.9 Å². The smallest absolute Gasteiger partial charge is 0.303 e. The lowest BCUT2D eigenvalue weighted by molar-refractivity contribution is -0.137. The number of carbonyl (C=O) groups excluding carboxylic acids is 1. The highest BCUT2D eigenvalue weighted by Crippen LogP contribution is 2.11. The number of hydrogen-bond acceptors (Lipinski definition) is 4. The first-order chi connectivity index (χ1) is 7.61. The molecule has 16 heavy (non-hydrogen) atoms. The van der Waals surface area contributed by atoms with Crippen LogP contribution in [0.2, 0.25) is 0 Å². The van der Waals surface area contributed by atoms with E-state index in [1.54, 1.807) is 0 Å². The van der Waals surface area contributed by atoms with E-state index in [1.165, 1.54) is 0 Å². The number of unbranched alkanes of at least 4 members (excludes halogenated alkanes) is 1. The molecule has 0 aliphatic carbocycles. The average molecular weight is 230 g/mol. The Labute approximate surface area is 94.1 Å². The van der Waals surface area contributed by atoms with E-state index in [2.05, 4.69) is 5.32 Å². The second-order valence-electron chi connectivity index (χ2n) is 3.95. The second kappa shape index (κ2) is 6.44. The van der Waals surface area contributed by atoms with Gasteiger partial charge in [0.2, 0.25) is 5.91 Å². The van der Waals surface area contributed by atoms with Crippen molar-refractivity contribution in [1.29, 1.82) is 0 Å². The Hall–Kier alpha value is -1.14. The molecule has 0 aromatic carbocycles. The Morgan fingerprint density at radius 3 is 2.69 bits per heavy atom. The molecule has 0 aromatic heterocycles. The number of nitrogens with one attached hydrogen (secondary N) is 1. The zero-order valence-corrected chi connectivity index (χ0v) is 9.15. The van der Waals surface area contributed by atoms with Gasteiger partial charge >= 0.3 is 5.97 Å². The molecule has 4 N–H and O–H groups in total. The lowest BCUT2D eigenvalue weighted by Crippen LogP contribution is -2.41. The maximum atomic E-state index is 11.6. The van der Waals surface area contributed by atoms with Crippen LogP contribution in [0.3, 0.4) is 0 Å². The normalized spacial score (nSPS) is 24.3. The molecule has 92 valence electrons. The topological polar surface area (TPSA) is 102 Å². The standard InChI is InChI=1S/C10H18N2O4/c11-8-6-16-5-7(8)10(15)12-4-2-1-3-9(13)14/h7-8H,1-6,11H2,(H,12,15)(H,13,14). The number of ether oxygens (including phenoxy) is 1. The summed E-state index contributed by atoms with van der Waals surface area (Å²) in [6, 6.07) is -0.223. The lowest BCUT2D eigenvalue weighted by Gasteiger charge is -2.12. The van der Waals surface area contributed by atoms with Crippen LogP contribution in [-0.2, 0) is 14.3 Å². The Bertz CT molecular complexity index is 257. The summed E-state index contributed by atoms with van der Waals surface area (Å²) in [7, 11) is 0. The van der Waals surface area contributed by atoms with E-state index in [0.29, 0.717) is 32.6 Å². The third-order valence-electron chi connectivity index (χ3n) is 2.58. The summed E-state index contributed by atoms with van der Waals surface area (Å²) in [6.45, 7) is 1.30. The molecule has 2 atom stereocenters. The summed E-state index contributed by atoms with van der Waals surface area (Å²) in [4.78, 5) is 21.8. The summed E-state index contributed by atoms with van der Waals surface area (Å²) >= 11 is 0. The van der Waals surface area contributed by atoms with Gasteiger partial charge in [-0.05, 0) is 12.8 Å². The van der Waals surface area contributed by atoms with Gasteiger partial charge in [0.25, 0.3) is 0 Å². The first-order valence-corrected chi connectivity index (χ1v) is 5.44. The van der Waals surface area contributed by atoms with Gasteiger partial charge in [0.05, 0.1) is 19.1 Å². The predicted molar refractivity (Wildman–Crippen MR) is 56.8 cm³/mol. The van der Waals surface area contributed by atoms with Gasteiger partial charge in [-0.25, -0.2) is 0 Å². The van der Waals surface area contributed by atoms with Gasteiger partial charge in [0.15, 0.2) is 0 Å². The SMILES string of the molecule is NC1COCC1C(=O)NCCCCC(=O)O. The molecule has 1 fully saturated rings. The fourth-order valence-corrected chi connectivity index (χ4v) is 1.58. The van der Waals surface area contributed by atoms with E-state index in [1.807, 2.05) is 0 Å². The molecule has 6 heteroatoms. The molecule has 0 radical (unpaired) electrons. The highest BCUT2D eigenvalue weighted by Gasteiger charge is 2.30. The van der Waals surface area contributed by atoms with E-state index in [-0.39, 0.29) is 24.3 Å². The Morgan fingerprint density at radius 1 is 1.38 bits per heavy atom. The maximum Gasteiger partial charge on any atom is 0.303 e. The van der Waals surface area contributed by atoms with Gasteiger partial charge in [-0.1, -0.05) is 0 Å². The van der Waals surface area contributed by atoms with Crippen LogP contribution in [-0.4, -0.2) is 42.8 Å². The summed E-state index contributed by atoms with van der Waals surface area (Å²) in [5.74, 6) is -1.17. The fraction of sp³-hybridized carbons (Fsp3) is 0.800. The molecule has 1 aliphatic rings. The summed E-state index contributed by atoms with van der Waals surface area (Å²) < 4.78 is 5.09. The van der Waals surface area contributed by atoms with Crippen LogP contribution in [0.25, 0.3) is 0 Å². The molecule has 1 rings (SSSR count). The minimum Gasteiger partial charge on any atom is -0.481 e. The Balaban J connectivity index is 2.08. The number of nitrogens with two attached hydrogens (primary N) is 1. The van der Waals surface area contributed by atoms with E-state index in [4.69, 9.17) is 15.6 Å². The monoisotopic (exact) mass is 230 g/mol. The van der Waals surface area contributed by atoms with Crippen molar-refractivity contribution >= 4 is 11.9 Å². The zero-order chi connectivity index (χ0) is 12.0. The number of carboxylic acid groups (broad SMARTS) is 1. The third-order valence-corrected chi connectivity index (χ3v) is 2.58. The molecule has 1 aliphatic heterocycles. The van der Waals surface area contributed by atoms with Crippen molar-refractivity contribution in [3.05, 3.63) is 0 Å². The largest absolute Gasteiger partial charge is 0.481 e. The van der Waals surface area contributed by atoms with Gasteiger partial charge in [-0.15, -0.1) is 0 Å². The number of aliphatic carboxylic acids is 1. The van der Waals surface area contributed by atoms with Crippen molar-refractivity contribution in [2.75, 3.05) is 19.8 Å². The number of carboxylic acids is 1. The van der Waals surface area contributed by atoms with Gasteiger partial charge in [0.1, 0.15) is 0 Å². The molecule has 0 spiro atoms. The molecule has 0 saturated carbocycles. The molecular formula is C10H18N2O4. The van der Waals surface area contributed by atoms with Gasteiger partial charge in [-0.2, -0.15) is 0 Å². The van der Waals surface area contributed by atoms with E-state index < -0.39 is 5.97 Å². The van der Waals surface area contributed by atoms with Crippen molar-refractivity contribution < 1.29 is 19.4 Å². The van der Waals surface area contributed by atoms with E-state index in [0.717, 1.165) is 0 Å². The summed E-state index contributed by atoms with van der Waals surface area (Å²) in [6.07, 6.45) is 1.38. The van der Waals surface area contributed by atoms with Crippen LogP contribution in [0.4, 0.5) is 0 Å². The number of amides is 1. The quantitative estimate of drug-likeness (QED) is 0.525. The van der Waals surface area contributed by atoms with Crippen molar-refractivity contribution in [2.45, 2.75) is 25.3 Å². The van der Waals surface area contributed by atoms with Gasteiger partial charge in [-0.3, -0.25) is 9.59 Å². The van der Waals surface area contributed by atoms with Crippen molar-refractivity contribution in [3.63, 3.8) is 0 Å². The van der Waals surface area contributed by atoms with Crippen LogP contribution in [0, 0.1) is 5.92 Å². The van der Waals surface area contributed by atoms with Crippen molar-refractivity contribution in [2.24, 2.45) is 11.7 Å². The maximum absolute atomic E-state index is 11.6. The molecule has 1 saturated heterocycles. The molecule has 0 aromatic rings. The summed E-state index contributed by atoms with van der Waals surface area (Å²) in [5, 5.41) is 11.1. The molecule has 2 unspecified atom stereocenters. The third kappa shape index (κ3) is 4.16. The first-order valence-electron chi connectivity index (χ1n) is 5.44. The number of hydrogen-bond donors (Lipinski definition) is 3. The highest BCUT2D eigenvalue weighted by molar-refractivity contribution is 5.79. The lowest BCUT2D eigenvalue weighted by atomic mass is 10.0. The first kappa shape index (κ1) is 12.9. The van der Waals surface area contributed by atoms with Gasteiger partial charge in [0, 0.05) is 19.0 Å². The van der Waals surface area contributed by atoms with Crippen LogP contribution in [0.1, 0.15) is 19.3 Å². The molecule has 6 nitrogen and oxygen atoms in total. The second-order valence-corrected chi connectivity index (χ2v) is 3.95. The molecule has 1 amide bonds. The van der Waals surface area contributed by atoms with E-state index >= 15 is 0 Å². The number of rotatable bonds is 6. The minimum absolute atomic E-state index is 0.0969. The molecule has 1 heterocycles. The van der Waals surface area contributed by atoms with E-state index in [9.17, 15) is 9.59 Å². The van der Waals surface area contributed by atoms with Crippen LogP contribution < -0.4 is 11.1 Å². The fourth-order valence-electron chi connectivity index (χ4n) is 1.58. The zero-order valence-electron chi connectivity index (χ0n) is 9.15. The van der Waals surface area contributed by atoms with Crippen LogP contribution in [0.5, 0.6) is 0 Å². The number of carbonyl (C=O) groups is 2. The molecule has 0 bridgehead atoms. The molecular weight excluding hydrogens is 212 g/mol. The highest BCUT2D eigenvalue weighted by atomic mass is 16.5. The summed E-state index contributed by atoms with van der Waals surface area (Å²) in [5.41, 5.74) is 5.69. The van der Waals surface area contributed by atoms with Crippen molar-refractivity contribution in [3.8, 4) is 0 Å². The van der Waals surface area contributed by atoms with Crippen molar-refractivity contribution in [1.82, 2.24) is 5.32 Å². The predicted octanol–water partition coefficient (Wildman–Crippen LogP) is -0.669. The Kier molecular flexibility index (Phi) is 5.21. The van der Waals surface area contributed by atoms with Crippen LogP contribution in [0.15, 0.2) is 0 Å². The van der Waals surface area contributed by atoms with Crippen LogP contribution >= 0.6 is 0 Å². The minimum atomic E-state index is -0.808. The average Bonchev–Trinajstić information content (AvgIpc) is 2.63. The Morgan fingerprint density at radius 2 is 2.12 bits per heavy atom.